The summed E-state index contributed by atoms with van der Waals surface area (Å²) < 4.78 is 0. The Morgan fingerprint density at radius 3 is 2.94 bits per heavy atom. The monoisotopic (exact) mass is 267 g/mol. The predicted molar refractivity (Wildman–Crippen MR) is 70.7 cm³/mol. The molecule has 0 atom stereocenters. The molecule has 0 unspecified atom stereocenters. The van der Waals surface area contributed by atoms with Crippen LogP contribution in [0.3, 0.4) is 0 Å². The minimum Gasteiger partial charge on any atom is -0.399 e. The highest BCUT2D eigenvalue weighted by Gasteiger charge is 2.12. The number of hydrogen-bond donors (Lipinski definition) is 2. The number of anilines is 2. The van der Waals surface area contributed by atoms with E-state index < -0.39 is 0 Å². The number of carbonyl (C=O) groups is 1. The topological polar surface area (TPSA) is 68.0 Å². The number of aryl methyl sites for hydroxylation is 1. The molecule has 1 aromatic carbocycles. The minimum absolute atomic E-state index is 0.309. The van der Waals surface area contributed by atoms with Gasteiger partial charge in [-0.1, -0.05) is 11.6 Å². The van der Waals surface area contributed by atoms with Gasteiger partial charge in [-0.3, -0.25) is 10.1 Å². The highest BCUT2D eigenvalue weighted by Crippen LogP contribution is 2.21. The van der Waals surface area contributed by atoms with Crippen molar-refractivity contribution < 1.29 is 4.79 Å². The maximum atomic E-state index is 11.9. The summed E-state index contributed by atoms with van der Waals surface area (Å²) in [5, 5.41) is 5.45. The fraction of sp³-hybridized carbons (Fsp3) is 0.0909. The Labute approximate surface area is 107 Å². The van der Waals surface area contributed by atoms with Gasteiger partial charge >= 0.3 is 0 Å². The van der Waals surface area contributed by atoms with E-state index in [0.29, 0.717) is 21.4 Å². The Morgan fingerprint density at radius 2 is 2.29 bits per heavy atom. The molecule has 2 rings (SSSR count). The first-order valence-corrected chi connectivity index (χ1v) is 6.10. The maximum Gasteiger partial charge on any atom is 0.259 e. The SMILES string of the molecule is Cc1csc(NC(=O)c2cc(N)ccc2Cl)n1. The molecule has 0 aliphatic carbocycles. The van der Waals surface area contributed by atoms with E-state index in [1.807, 2.05) is 12.3 Å². The molecule has 4 nitrogen and oxygen atoms in total. The van der Waals surface area contributed by atoms with E-state index >= 15 is 0 Å². The number of nitrogens with one attached hydrogen (secondary N) is 1. The van der Waals surface area contributed by atoms with Gasteiger partial charge in [-0.25, -0.2) is 4.98 Å². The van der Waals surface area contributed by atoms with Crippen molar-refractivity contribution in [1.82, 2.24) is 4.98 Å². The van der Waals surface area contributed by atoms with Crippen molar-refractivity contribution in [3.8, 4) is 0 Å². The van der Waals surface area contributed by atoms with Gasteiger partial charge in [0.2, 0.25) is 0 Å². The summed E-state index contributed by atoms with van der Waals surface area (Å²) in [6.07, 6.45) is 0. The lowest BCUT2D eigenvalue weighted by Crippen LogP contribution is -2.12. The van der Waals surface area contributed by atoms with Crippen LogP contribution in [0.25, 0.3) is 0 Å². The van der Waals surface area contributed by atoms with Gasteiger partial charge in [0.05, 0.1) is 16.3 Å². The third-order valence-electron chi connectivity index (χ3n) is 2.07. The Bertz CT molecular complexity index is 568. The van der Waals surface area contributed by atoms with E-state index in [2.05, 4.69) is 10.3 Å². The molecular formula is C11H10ClN3OS. The van der Waals surface area contributed by atoms with Crippen LogP contribution in [0.2, 0.25) is 5.02 Å². The average molecular weight is 268 g/mol. The van der Waals surface area contributed by atoms with Crippen LogP contribution in [0.1, 0.15) is 16.1 Å². The summed E-state index contributed by atoms with van der Waals surface area (Å²) in [5.41, 5.74) is 7.32. The quantitative estimate of drug-likeness (QED) is 0.822. The first-order valence-electron chi connectivity index (χ1n) is 4.85. The number of hydrogen-bond acceptors (Lipinski definition) is 4. The van der Waals surface area contributed by atoms with Gasteiger partial charge in [0, 0.05) is 11.1 Å². The van der Waals surface area contributed by atoms with Gasteiger partial charge in [0.1, 0.15) is 0 Å². The number of aromatic nitrogens is 1. The summed E-state index contributed by atoms with van der Waals surface area (Å²) in [5.74, 6) is -0.309. The summed E-state index contributed by atoms with van der Waals surface area (Å²) in [4.78, 5) is 16.1. The fourth-order valence-electron chi connectivity index (χ4n) is 1.29. The molecule has 1 amide bonds. The van der Waals surface area contributed by atoms with E-state index in [9.17, 15) is 4.79 Å². The van der Waals surface area contributed by atoms with Gasteiger partial charge in [0.15, 0.2) is 5.13 Å². The van der Waals surface area contributed by atoms with Crippen molar-refractivity contribution in [2.24, 2.45) is 0 Å². The summed E-state index contributed by atoms with van der Waals surface area (Å²) in [7, 11) is 0. The molecular weight excluding hydrogens is 258 g/mol. The standard InChI is InChI=1S/C11H10ClN3OS/c1-6-5-17-11(14-6)15-10(16)8-4-7(13)2-3-9(8)12/h2-5H,13H2,1H3,(H,14,15,16). The Kier molecular flexibility index (Phi) is 3.31. The molecule has 2 aromatic rings. The molecule has 1 heterocycles. The van der Waals surface area contributed by atoms with Crippen molar-refractivity contribution in [2.75, 3.05) is 11.1 Å². The Balaban J connectivity index is 2.22. The van der Waals surface area contributed by atoms with Crippen LogP contribution in [0, 0.1) is 6.92 Å². The van der Waals surface area contributed by atoms with E-state index in [0.717, 1.165) is 5.69 Å². The molecule has 0 bridgehead atoms. The van der Waals surface area contributed by atoms with Crippen molar-refractivity contribution in [3.05, 3.63) is 39.9 Å². The molecule has 0 fully saturated rings. The first-order chi connectivity index (χ1) is 8.06. The number of carbonyl (C=O) groups excluding carboxylic acids is 1. The van der Waals surface area contributed by atoms with E-state index in [-0.39, 0.29) is 5.91 Å². The molecule has 0 aliphatic heterocycles. The van der Waals surface area contributed by atoms with Crippen LogP contribution >= 0.6 is 22.9 Å². The van der Waals surface area contributed by atoms with E-state index in [4.69, 9.17) is 17.3 Å². The van der Waals surface area contributed by atoms with Crippen LogP contribution in [-0.2, 0) is 0 Å². The third-order valence-corrected chi connectivity index (χ3v) is 3.28. The largest absolute Gasteiger partial charge is 0.399 e. The number of nitrogen functional groups attached to an aromatic ring is 1. The summed E-state index contributed by atoms with van der Waals surface area (Å²) in [6, 6.07) is 4.78. The molecule has 0 saturated carbocycles. The number of halogens is 1. The van der Waals surface area contributed by atoms with Crippen LogP contribution < -0.4 is 11.1 Å². The average Bonchev–Trinajstić information content (AvgIpc) is 2.67. The Morgan fingerprint density at radius 1 is 1.53 bits per heavy atom. The predicted octanol–water partition coefficient (Wildman–Crippen LogP) is 2.94. The van der Waals surface area contributed by atoms with Crippen LogP contribution in [0.5, 0.6) is 0 Å². The van der Waals surface area contributed by atoms with Gasteiger partial charge in [-0.05, 0) is 25.1 Å². The molecule has 88 valence electrons. The summed E-state index contributed by atoms with van der Waals surface area (Å²) >= 11 is 7.29. The number of thiazole rings is 1. The normalized spacial score (nSPS) is 10.2. The molecule has 17 heavy (non-hydrogen) atoms. The van der Waals surface area contributed by atoms with Crippen molar-refractivity contribution in [1.29, 1.82) is 0 Å². The van der Waals surface area contributed by atoms with Crippen molar-refractivity contribution >= 4 is 39.7 Å². The molecule has 0 spiro atoms. The maximum absolute atomic E-state index is 11.9. The second-order valence-corrected chi connectivity index (χ2v) is 4.75. The molecule has 0 radical (unpaired) electrons. The summed E-state index contributed by atoms with van der Waals surface area (Å²) in [6.45, 7) is 1.86. The lowest BCUT2D eigenvalue weighted by Gasteiger charge is -2.04. The highest BCUT2D eigenvalue weighted by molar-refractivity contribution is 7.13. The molecule has 0 saturated heterocycles. The highest BCUT2D eigenvalue weighted by atomic mass is 35.5. The van der Waals surface area contributed by atoms with Crippen LogP contribution in [-0.4, -0.2) is 10.9 Å². The fourth-order valence-corrected chi connectivity index (χ4v) is 2.18. The van der Waals surface area contributed by atoms with E-state index in [1.165, 1.54) is 17.4 Å². The van der Waals surface area contributed by atoms with Crippen molar-refractivity contribution in [3.63, 3.8) is 0 Å². The van der Waals surface area contributed by atoms with Gasteiger partial charge < -0.3 is 5.73 Å². The second-order valence-electron chi connectivity index (χ2n) is 3.49. The number of rotatable bonds is 2. The van der Waals surface area contributed by atoms with Gasteiger partial charge in [0.25, 0.3) is 5.91 Å². The smallest absolute Gasteiger partial charge is 0.259 e. The van der Waals surface area contributed by atoms with Crippen molar-refractivity contribution in [2.45, 2.75) is 6.92 Å². The zero-order valence-electron chi connectivity index (χ0n) is 9.03. The van der Waals surface area contributed by atoms with Gasteiger partial charge in [-0.2, -0.15) is 0 Å². The van der Waals surface area contributed by atoms with Crippen LogP contribution in [0.4, 0.5) is 10.8 Å². The second kappa shape index (κ2) is 4.73. The lowest BCUT2D eigenvalue weighted by molar-refractivity contribution is 0.102. The molecule has 3 N–H and O–H groups in total. The minimum atomic E-state index is -0.309. The van der Waals surface area contributed by atoms with Crippen LogP contribution in [0.15, 0.2) is 23.6 Å². The molecule has 0 aliphatic rings. The number of nitrogens with zero attached hydrogens (tertiary/aromatic N) is 1. The third kappa shape index (κ3) is 2.75. The lowest BCUT2D eigenvalue weighted by atomic mass is 10.2. The Hall–Kier alpha value is -1.59. The number of amides is 1. The molecule has 1 aromatic heterocycles. The zero-order chi connectivity index (χ0) is 12.4. The van der Waals surface area contributed by atoms with Gasteiger partial charge in [-0.15, -0.1) is 11.3 Å². The number of nitrogens with two attached hydrogens (primary N) is 1. The molecule has 6 heteroatoms. The first kappa shape index (κ1) is 11.9. The zero-order valence-corrected chi connectivity index (χ0v) is 10.6. The number of benzene rings is 1. The van der Waals surface area contributed by atoms with E-state index in [1.54, 1.807) is 12.1 Å².